The zero-order valence-corrected chi connectivity index (χ0v) is 28.9. The van der Waals surface area contributed by atoms with Crippen LogP contribution in [0.15, 0.2) is 118 Å². The molecule has 4 rings (SSSR count). The standard InChI is InChI=1S/2C14H13ClN4S.ClHO4.Fe/c2*1-16-14(20)19-18-13(12-4-2-3-9-17-12)10-5-7-11(15)8-6-10;2-1(3,4)5;/h2*2-9H,1H3,(H2,16,19,20);(H,2,3,4,5);/q;;;+3/p-3/b2*18-13+;;. The molecule has 2 aromatic heterocycles. The van der Waals surface area contributed by atoms with E-state index in [-0.39, 0.29) is 17.1 Å². The second-order valence-electron chi connectivity index (χ2n) is 8.02. The van der Waals surface area contributed by atoms with Gasteiger partial charge in [-0.25, -0.2) is 18.6 Å². The SMILES string of the molecule is CN=C([S-])N/N=C(\c1ccc(Cl)cc1)c1ccccn1.CN=C([S-])N/N=C(\c1ccc(Cl)cc1)c1ccccn1.[Fe+3].[O-][Cl+3]([O-])([O-])[O-]. The summed E-state index contributed by atoms with van der Waals surface area (Å²) in [4.78, 5) is 16.3. The number of amidine groups is 2. The van der Waals surface area contributed by atoms with Crippen LogP contribution in [0.2, 0.25) is 10.0 Å². The van der Waals surface area contributed by atoms with Crippen LogP contribution in [0.5, 0.6) is 0 Å². The van der Waals surface area contributed by atoms with Gasteiger partial charge in [0.2, 0.25) is 0 Å². The average Bonchev–Trinajstić information content (AvgIpc) is 3.03. The molecule has 12 nitrogen and oxygen atoms in total. The van der Waals surface area contributed by atoms with Gasteiger partial charge in [0, 0.05) is 47.7 Å². The first kappa shape index (κ1) is 40.7. The fourth-order valence-electron chi connectivity index (χ4n) is 3.07. The quantitative estimate of drug-likeness (QED) is 0.0918. The molecule has 1 radical (unpaired) electrons. The Hall–Kier alpha value is -3.31. The van der Waals surface area contributed by atoms with Crippen LogP contribution < -0.4 is 29.5 Å². The van der Waals surface area contributed by atoms with Gasteiger partial charge in [0.25, 0.3) is 0 Å². The minimum Gasteiger partial charge on any atom is -0.741 e. The predicted molar refractivity (Wildman–Crippen MR) is 170 cm³/mol. The zero-order valence-electron chi connectivity index (χ0n) is 23.9. The predicted octanol–water partition coefficient (Wildman–Crippen LogP) is 0.461. The maximum atomic E-state index is 8.49. The summed E-state index contributed by atoms with van der Waals surface area (Å²) in [6, 6.07) is 26.0. The summed E-state index contributed by atoms with van der Waals surface area (Å²) in [7, 11) is -1.73. The van der Waals surface area contributed by atoms with Gasteiger partial charge in [-0.3, -0.25) is 30.8 Å². The van der Waals surface area contributed by atoms with Crippen LogP contribution in [-0.4, -0.2) is 45.8 Å². The molecule has 0 amide bonds. The maximum Gasteiger partial charge on any atom is 3.00 e. The molecule has 46 heavy (non-hydrogen) atoms. The average molecular weight is 763 g/mol. The molecule has 0 aliphatic rings. The van der Waals surface area contributed by atoms with Crippen LogP contribution in [0.1, 0.15) is 22.5 Å². The van der Waals surface area contributed by atoms with Gasteiger partial charge >= 0.3 is 17.1 Å². The summed E-state index contributed by atoms with van der Waals surface area (Å²) >= 11 is 21.7. The normalized spacial score (nSPS) is 12.0. The molecule has 2 N–H and O–H groups in total. The van der Waals surface area contributed by atoms with E-state index in [0.717, 1.165) is 22.5 Å². The van der Waals surface area contributed by atoms with Crippen LogP contribution in [0.3, 0.4) is 0 Å². The summed E-state index contributed by atoms with van der Waals surface area (Å²) in [5.41, 5.74) is 10.0. The summed E-state index contributed by atoms with van der Waals surface area (Å²) in [5.74, 6) is 0. The summed E-state index contributed by atoms with van der Waals surface area (Å²) in [6.45, 7) is 0. The number of halogens is 3. The molecular formula is C28H24Cl3FeN8O4S2. The Morgan fingerprint density at radius 1 is 0.630 bits per heavy atom. The Bertz CT molecular complexity index is 1480. The van der Waals surface area contributed by atoms with Crippen LogP contribution in [0.25, 0.3) is 0 Å². The van der Waals surface area contributed by atoms with Gasteiger partial charge in [0.1, 0.15) is 11.4 Å². The van der Waals surface area contributed by atoms with Crippen LogP contribution in [0, 0.1) is 10.2 Å². The van der Waals surface area contributed by atoms with Gasteiger partial charge in [0.15, 0.2) is 0 Å². The van der Waals surface area contributed by atoms with E-state index < -0.39 is 10.2 Å². The van der Waals surface area contributed by atoms with Gasteiger partial charge < -0.3 is 25.3 Å². The van der Waals surface area contributed by atoms with Gasteiger partial charge in [-0.1, -0.05) is 59.6 Å². The number of hydrogen-bond donors (Lipinski definition) is 2. The molecule has 0 aliphatic heterocycles. The summed E-state index contributed by atoms with van der Waals surface area (Å²) in [6.07, 6.45) is 3.42. The van der Waals surface area contributed by atoms with Crippen molar-refractivity contribution >= 4 is 70.2 Å². The molecule has 2 heterocycles. The third kappa shape index (κ3) is 16.3. The number of nitrogens with one attached hydrogen (secondary N) is 2. The zero-order chi connectivity index (χ0) is 33.2. The Labute approximate surface area is 299 Å². The van der Waals surface area contributed by atoms with Crippen molar-refractivity contribution < 1.29 is 45.9 Å². The first-order valence-corrected chi connectivity index (χ1v) is 15.1. The summed E-state index contributed by atoms with van der Waals surface area (Å²) in [5, 5.41) is 10.5. The number of aliphatic imine (C=N–C) groups is 2. The molecule has 241 valence electrons. The molecule has 18 heteroatoms. The van der Waals surface area contributed by atoms with Crippen LogP contribution >= 0.6 is 23.2 Å². The molecule has 0 saturated heterocycles. The van der Waals surface area contributed by atoms with E-state index in [9.17, 15) is 0 Å². The molecule has 0 saturated carbocycles. The summed E-state index contributed by atoms with van der Waals surface area (Å²) < 4.78 is 34.0. The van der Waals surface area contributed by atoms with E-state index in [1.165, 1.54) is 0 Å². The van der Waals surface area contributed by atoms with Crippen molar-refractivity contribution in [2.45, 2.75) is 0 Å². The molecule has 0 aliphatic carbocycles. The van der Waals surface area contributed by atoms with Crippen LogP contribution in [-0.2, 0) is 42.3 Å². The van der Waals surface area contributed by atoms with Gasteiger partial charge in [-0.05, 0) is 58.9 Å². The Morgan fingerprint density at radius 3 is 1.22 bits per heavy atom. The first-order valence-electron chi connectivity index (χ1n) is 12.3. The molecule has 0 fully saturated rings. The van der Waals surface area contributed by atoms with E-state index in [2.05, 4.69) is 41.0 Å². The van der Waals surface area contributed by atoms with Crippen molar-refractivity contribution in [1.82, 2.24) is 20.8 Å². The molecule has 4 aromatic rings. The minimum absolute atomic E-state index is 0. The van der Waals surface area contributed by atoms with Crippen molar-refractivity contribution in [2.75, 3.05) is 14.1 Å². The minimum atomic E-state index is -4.94. The number of rotatable bonds is 6. The number of benzene rings is 2. The Kier molecular flexibility index (Phi) is 19.0. The second kappa shape index (κ2) is 21.5. The topological polar surface area (TPSA) is 192 Å². The van der Waals surface area contributed by atoms with Crippen molar-refractivity contribution in [3.8, 4) is 0 Å². The third-order valence-electron chi connectivity index (χ3n) is 4.98. The van der Waals surface area contributed by atoms with Gasteiger partial charge in [-0.15, -0.1) is 10.2 Å². The molecule has 0 spiro atoms. The molecule has 0 atom stereocenters. The van der Waals surface area contributed by atoms with Crippen LogP contribution in [0.4, 0.5) is 0 Å². The largest absolute Gasteiger partial charge is 3.00 e. The molecule has 0 unspecified atom stereocenters. The number of hydrogen-bond acceptors (Lipinski definition) is 12. The van der Waals surface area contributed by atoms with Crippen molar-refractivity contribution in [3.63, 3.8) is 0 Å². The smallest absolute Gasteiger partial charge is 0.741 e. The van der Waals surface area contributed by atoms with E-state index in [1.807, 2.05) is 60.7 Å². The second-order valence-corrected chi connectivity index (χ2v) is 10.4. The monoisotopic (exact) mass is 761 g/mol. The fourth-order valence-corrected chi connectivity index (χ4v) is 3.41. The number of pyridine rings is 2. The molecular weight excluding hydrogens is 739 g/mol. The maximum absolute atomic E-state index is 8.49. The molecule has 2 aromatic carbocycles. The van der Waals surface area contributed by atoms with Crippen molar-refractivity contribution in [3.05, 3.63) is 130 Å². The first-order chi connectivity index (χ1) is 21.4. The van der Waals surface area contributed by atoms with Gasteiger partial charge in [0.05, 0.1) is 11.4 Å². The number of nitrogens with zero attached hydrogens (tertiary/aromatic N) is 6. The fraction of sp³-hybridized carbons (Fsp3) is 0.0714. The van der Waals surface area contributed by atoms with E-state index in [4.69, 9.17) is 67.1 Å². The van der Waals surface area contributed by atoms with E-state index in [1.54, 1.807) is 50.8 Å². The number of aromatic nitrogens is 2. The number of hydrazone groups is 2. The Morgan fingerprint density at radius 2 is 0.957 bits per heavy atom. The molecule has 0 bridgehead atoms. The van der Waals surface area contributed by atoms with Crippen molar-refractivity contribution in [2.24, 2.45) is 20.2 Å². The third-order valence-corrected chi connectivity index (χ3v) is 6.03. The van der Waals surface area contributed by atoms with E-state index >= 15 is 0 Å². The van der Waals surface area contributed by atoms with Crippen molar-refractivity contribution in [1.29, 1.82) is 0 Å². The van der Waals surface area contributed by atoms with E-state index in [0.29, 0.717) is 31.8 Å². The Balaban J connectivity index is 0.000000394. The van der Waals surface area contributed by atoms with Gasteiger partial charge in [-0.2, -0.15) is 10.2 Å².